The van der Waals surface area contributed by atoms with E-state index in [2.05, 4.69) is 15.3 Å². The zero-order valence-electron chi connectivity index (χ0n) is 15.1. The summed E-state index contributed by atoms with van der Waals surface area (Å²) in [6, 6.07) is 3.54. The molecule has 1 aromatic heterocycles. The Morgan fingerprint density at radius 3 is 2.85 bits per heavy atom. The van der Waals surface area contributed by atoms with E-state index in [1.54, 1.807) is 37.4 Å². The van der Waals surface area contributed by atoms with Crippen LogP contribution in [0.25, 0.3) is 0 Å². The first kappa shape index (κ1) is 18.7. The molecule has 8 heteroatoms. The average molecular weight is 376 g/mol. The van der Waals surface area contributed by atoms with Crippen LogP contribution in [0.3, 0.4) is 0 Å². The zero-order chi connectivity index (χ0) is 18.5. The number of methoxy groups -OCH3 is 1. The number of carbonyl (C=O) groups is 2. The number of hydrogen-bond donors (Lipinski definition) is 1. The molecule has 1 saturated carbocycles. The summed E-state index contributed by atoms with van der Waals surface area (Å²) in [6.07, 6.45) is 6.54. The van der Waals surface area contributed by atoms with Gasteiger partial charge in [0, 0.05) is 26.1 Å². The monoisotopic (exact) mass is 376 g/mol. The first-order chi connectivity index (χ1) is 12.6. The van der Waals surface area contributed by atoms with Crippen molar-refractivity contribution >= 4 is 34.4 Å². The minimum Gasteiger partial charge on any atom is -0.481 e. The number of ether oxygens (including phenoxy) is 1. The Morgan fingerprint density at radius 2 is 2.27 bits per heavy atom. The topological polar surface area (TPSA) is 83.9 Å². The van der Waals surface area contributed by atoms with Crippen LogP contribution in [0.4, 0.5) is 5.69 Å². The molecule has 2 heterocycles. The van der Waals surface area contributed by atoms with Gasteiger partial charge in [0.25, 0.3) is 0 Å². The Labute approximate surface area is 157 Å². The molecule has 0 spiro atoms. The lowest BCUT2D eigenvalue weighted by Crippen LogP contribution is -2.36. The summed E-state index contributed by atoms with van der Waals surface area (Å²) < 4.78 is 5.06. The van der Waals surface area contributed by atoms with Crippen LogP contribution in [0.2, 0.25) is 0 Å². The van der Waals surface area contributed by atoms with Gasteiger partial charge < -0.3 is 10.1 Å². The highest BCUT2D eigenvalue weighted by Gasteiger charge is 2.39. The molecule has 1 saturated heterocycles. The smallest absolute Gasteiger partial charge is 0.242 e. The molecule has 2 amide bonds. The molecule has 1 atom stereocenters. The predicted molar refractivity (Wildman–Crippen MR) is 102 cm³/mol. The molecule has 140 valence electrons. The van der Waals surface area contributed by atoms with Gasteiger partial charge in [-0.25, -0.2) is 9.98 Å². The fourth-order valence-electron chi connectivity index (χ4n) is 2.96. The molecule has 1 aliphatic carbocycles. The number of amides is 2. The van der Waals surface area contributed by atoms with Gasteiger partial charge in [-0.1, -0.05) is 31.0 Å². The third-order valence-electron chi connectivity index (χ3n) is 4.81. The van der Waals surface area contributed by atoms with E-state index in [-0.39, 0.29) is 18.2 Å². The molecule has 1 unspecified atom stereocenters. The maximum atomic E-state index is 12.8. The number of amidine groups is 1. The Hall–Kier alpha value is -2.09. The van der Waals surface area contributed by atoms with E-state index in [0.717, 1.165) is 6.42 Å². The van der Waals surface area contributed by atoms with Gasteiger partial charge in [0.2, 0.25) is 17.7 Å². The van der Waals surface area contributed by atoms with Gasteiger partial charge in [-0.2, -0.15) is 0 Å². The third kappa shape index (κ3) is 4.35. The molecule has 0 aromatic carbocycles. The van der Waals surface area contributed by atoms with Gasteiger partial charge in [0.15, 0.2) is 5.17 Å². The summed E-state index contributed by atoms with van der Waals surface area (Å²) in [4.78, 5) is 35.0. The highest BCUT2D eigenvalue weighted by Crippen LogP contribution is 2.34. The number of aromatic nitrogens is 1. The van der Waals surface area contributed by atoms with Crippen molar-refractivity contribution in [3.8, 4) is 5.88 Å². The van der Waals surface area contributed by atoms with E-state index in [1.165, 1.54) is 31.0 Å². The van der Waals surface area contributed by atoms with E-state index in [0.29, 0.717) is 29.2 Å². The lowest BCUT2D eigenvalue weighted by molar-refractivity contribution is -0.129. The first-order valence-electron chi connectivity index (χ1n) is 8.88. The molecule has 0 bridgehead atoms. The Bertz CT molecular complexity index is 688. The highest BCUT2D eigenvalue weighted by molar-refractivity contribution is 8.15. The molecule has 2 aliphatic rings. The maximum Gasteiger partial charge on any atom is 0.242 e. The number of aliphatic imine (C=N–C) groups is 1. The molecule has 1 aromatic rings. The quantitative estimate of drug-likeness (QED) is 0.790. The van der Waals surface area contributed by atoms with Gasteiger partial charge >= 0.3 is 0 Å². The maximum absolute atomic E-state index is 12.8. The molecule has 1 aliphatic heterocycles. The van der Waals surface area contributed by atoms with Crippen molar-refractivity contribution in [1.29, 1.82) is 0 Å². The van der Waals surface area contributed by atoms with Crippen molar-refractivity contribution in [3.05, 3.63) is 18.3 Å². The van der Waals surface area contributed by atoms with Gasteiger partial charge in [-0.05, 0) is 18.4 Å². The van der Waals surface area contributed by atoms with Crippen molar-refractivity contribution in [2.24, 2.45) is 10.9 Å². The second kappa shape index (κ2) is 8.53. The molecule has 2 fully saturated rings. The Kier molecular flexibility index (Phi) is 6.13. The van der Waals surface area contributed by atoms with Gasteiger partial charge in [-0.3, -0.25) is 14.5 Å². The average Bonchev–Trinajstić information content (AvgIpc) is 2.89. The molecule has 7 nitrogen and oxygen atoms in total. The van der Waals surface area contributed by atoms with E-state index < -0.39 is 5.25 Å². The van der Waals surface area contributed by atoms with Crippen molar-refractivity contribution in [1.82, 2.24) is 15.2 Å². The molecule has 26 heavy (non-hydrogen) atoms. The Morgan fingerprint density at radius 1 is 1.46 bits per heavy atom. The summed E-state index contributed by atoms with van der Waals surface area (Å²) >= 11 is 1.36. The van der Waals surface area contributed by atoms with Gasteiger partial charge in [0.05, 0.1) is 19.0 Å². The molecule has 3 rings (SSSR count). The van der Waals surface area contributed by atoms with E-state index in [9.17, 15) is 9.59 Å². The highest BCUT2D eigenvalue weighted by atomic mass is 32.2. The van der Waals surface area contributed by atoms with Crippen molar-refractivity contribution in [2.75, 3.05) is 20.7 Å². The van der Waals surface area contributed by atoms with Crippen LogP contribution in [0.5, 0.6) is 5.88 Å². The van der Waals surface area contributed by atoms with Crippen molar-refractivity contribution < 1.29 is 14.3 Å². The number of rotatable bonds is 7. The standard InChI is InChI=1S/C18H24N4O3S/c1-19-15(23)10-14-17(24)22(9-8-12-4-3-5-12)18(26-14)21-13-6-7-16(25-2)20-11-13/h6-7,11-12,14H,3-5,8-10H2,1-2H3,(H,19,23). The molecule has 0 radical (unpaired) electrons. The normalized spacial score (nSPS) is 21.8. The molecular formula is C18H24N4O3S. The summed E-state index contributed by atoms with van der Waals surface area (Å²) in [7, 11) is 3.14. The summed E-state index contributed by atoms with van der Waals surface area (Å²) in [5, 5.41) is 2.82. The zero-order valence-corrected chi connectivity index (χ0v) is 15.9. The number of nitrogens with one attached hydrogen (secondary N) is 1. The number of pyridine rings is 1. The van der Waals surface area contributed by atoms with Crippen LogP contribution in [0, 0.1) is 5.92 Å². The van der Waals surface area contributed by atoms with Crippen LogP contribution in [-0.2, 0) is 9.59 Å². The summed E-state index contributed by atoms with van der Waals surface area (Å²) in [5.74, 6) is 1.05. The van der Waals surface area contributed by atoms with E-state index in [4.69, 9.17) is 4.74 Å². The van der Waals surface area contributed by atoms with Crippen molar-refractivity contribution in [3.63, 3.8) is 0 Å². The summed E-state index contributed by atoms with van der Waals surface area (Å²) in [5.41, 5.74) is 0.662. The number of thioether (sulfide) groups is 1. The lowest BCUT2D eigenvalue weighted by Gasteiger charge is -2.27. The second-order valence-corrected chi connectivity index (χ2v) is 7.68. The second-order valence-electron chi connectivity index (χ2n) is 6.51. The van der Waals surface area contributed by atoms with E-state index >= 15 is 0 Å². The lowest BCUT2D eigenvalue weighted by atomic mass is 9.83. The fourth-order valence-corrected chi connectivity index (χ4v) is 4.15. The number of carbonyl (C=O) groups excluding carboxylic acids is 2. The molecular weight excluding hydrogens is 352 g/mol. The molecule has 1 N–H and O–H groups in total. The van der Waals surface area contributed by atoms with Crippen LogP contribution >= 0.6 is 11.8 Å². The van der Waals surface area contributed by atoms with Gasteiger partial charge in [-0.15, -0.1) is 0 Å². The number of nitrogens with zero attached hydrogens (tertiary/aromatic N) is 3. The minimum absolute atomic E-state index is 0.0295. The SMILES string of the molecule is CNC(=O)CC1SC(=Nc2ccc(OC)nc2)N(CCC2CCC2)C1=O. The minimum atomic E-state index is -0.415. The van der Waals surface area contributed by atoms with Crippen LogP contribution < -0.4 is 10.1 Å². The number of hydrogen-bond acceptors (Lipinski definition) is 6. The predicted octanol–water partition coefficient (Wildman–Crippen LogP) is 2.35. The van der Waals surface area contributed by atoms with E-state index in [1.807, 2.05) is 0 Å². The van der Waals surface area contributed by atoms with Crippen LogP contribution in [0.15, 0.2) is 23.3 Å². The summed E-state index contributed by atoms with van der Waals surface area (Å²) in [6.45, 7) is 0.656. The Balaban J connectivity index is 1.76. The first-order valence-corrected chi connectivity index (χ1v) is 9.76. The largest absolute Gasteiger partial charge is 0.481 e. The van der Waals surface area contributed by atoms with Gasteiger partial charge in [0.1, 0.15) is 5.25 Å². The van der Waals surface area contributed by atoms with Crippen LogP contribution in [-0.4, -0.2) is 52.8 Å². The van der Waals surface area contributed by atoms with Crippen LogP contribution in [0.1, 0.15) is 32.1 Å². The van der Waals surface area contributed by atoms with Crippen molar-refractivity contribution in [2.45, 2.75) is 37.4 Å². The fraction of sp³-hybridized carbons (Fsp3) is 0.556. The third-order valence-corrected chi connectivity index (χ3v) is 5.99.